The predicted octanol–water partition coefficient (Wildman–Crippen LogP) is 3.00. The van der Waals surface area contributed by atoms with Crippen molar-refractivity contribution in [3.8, 4) is 5.75 Å². The smallest absolute Gasteiger partial charge is 0.125 e. The van der Waals surface area contributed by atoms with Gasteiger partial charge >= 0.3 is 0 Å². The maximum Gasteiger partial charge on any atom is 0.125 e. The lowest BCUT2D eigenvalue weighted by Gasteiger charge is -2.15. The van der Waals surface area contributed by atoms with E-state index in [1.54, 1.807) is 0 Å². The number of nitrogens with zero attached hydrogens (tertiary/aromatic N) is 1. The summed E-state index contributed by atoms with van der Waals surface area (Å²) < 4.78 is 5.76. The minimum Gasteiger partial charge on any atom is -0.492 e. The number of ether oxygens (including phenoxy) is 1. The topological polar surface area (TPSA) is 49.9 Å². The highest BCUT2D eigenvalue weighted by molar-refractivity contribution is 5.55. The third kappa shape index (κ3) is 2.18. The molecule has 2 heterocycles. The standard InChI is InChI=1S/C15H19N3O/c1-10-11(8-17-18-10)7-16-12-4-5-13-14(6-12)19-9-15(13,2)3/h4-6,8,16H,7,9H2,1-3H3,(H,17,18). The summed E-state index contributed by atoms with van der Waals surface area (Å²) in [7, 11) is 0. The van der Waals surface area contributed by atoms with Crippen molar-refractivity contribution in [3.05, 3.63) is 41.2 Å². The Morgan fingerprint density at radius 3 is 3.00 bits per heavy atom. The molecule has 2 aromatic rings. The number of aromatic nitrogens is 2. The highest BCUT2D eigenvalue weighted by Gasteiger charge is 2.31. The Labute approximate surface area is 113 Å². The molecular formula is C15H19N3O. The maximum atomic E-state index is 5.76. The second-order valence-corrected chi connectivity index (χ2v) is 5.76. The molecule has 0 bridgehead atoms. The summed E-state index contributed by atoms with van der Waals surface area (Å²) in [6, 6.07) is 6.36. The Bertz CT molecular complexity index is 601. The SMILES string of the molecule is Cc1[nH]ncc1CNc1ccc2c(c1)OCC2(C)C. The minimum atomic E-state index is 0.120. The lowest BCUT2D eigenvalue weighted by molar-refractivity contribution is 0.291. The van der Waals surface area contributed by atoms with E-state index in [2.05, 4.69) is 47.6 Å². The second-order valence-electron chi connectivity index (χ2n) is 5.76. The highest BCUT2D eigenvalue weighted by atomic mass is 16.5. The number of hydrogen-bond donors (Lipinski definition) is 2. The van der Waals surface area contributed by atoms with Crippen molar-refractivity contribution in [3.63, 3.8) is 0 Å². The minimum absolute atomic E-state index is 0.120. The lowest BCUT2D eigenvalue weighted by Crippen LogP contribution is -2.18. The molecule has 1 aliphatic heterocycles. The molecule has 0 saturated carbocycles. The molecule has 0 radical (unpaired) electrons. The number of benzene rings is 1. The van der Waals surface area contributed by atoms with E-state index in [1.165, 1.54) is 11.1 Å². The van der Waals surface area contributed by atoms with Crippen LogP contribution in [0.3, 0.4) is 0 Å². The number of H-pyrrole nitrogens is 1. The number of aromatic amines is 1. The van der Waals surface area contributed by atoms with Crippen molar-refractivity contribution < 1.29 is 4.74 Å². The van der Waals surface area contributed by atoms with Crippen LogP contribution >= 0.6 is 0 Å². The van der Waals surface area contributed by atoms with Gasteiger partial charge in [-0.05, 0) is 13.0 Å². The number of anilines is 1. The van der Waals surface area contributed by atoms with E-state index in [0.29, 0.717) is 0 Å². The summed E-state index contributed by atoms with van der Waals surface area (Å²) in [5.74, 6) is 0.999. The van der Waals surface area contributed by atoms with Gasteiger partial charge in [-0.3, -0.25) is 5.10 Å². The van der Waals surface area contributed by atoms with Crippen molar-refractivity contribution in [2.24, 2.45) is 0 Å². The monoisotopic (exact) mass is 257 g/mol. The number of fused-ring (bicyclic) bond motifs is 1. The van der Waals surface area contributed by atoms with Crippen LogP contribution < -0.4 is 10.1 Å². The Morgan fingerprint density at radius 2 is 2.26 bits per heavy atom. The van der Waals surface area contributed by atoms with Gasteiger partial charge in [-0.25, -0.2) is 0 Å². The van der Waals surface area contributed by atoms with Gasteiger partial charge in [0.2, 0.25) is 0 Å². The van der Waals surface area contributed by atoms with Gasteiger partial charge in [0.25, 0.3) is 0 Å². The Kier molecular flexibility index (Phi) is 2.73. The van der Waals surface area contributed by atoms with Gasteiger partial charge in [-0.1, -0.05) is 19.9 Å². The number of nitrogens with one attached hydrogen (secondary N) is 2. The van der Waals surface area contributed by atoms with Crippen LogP contribution in [0, 0.1) is 6.92 Å². The quantitative estimate of drug-likeness (QED) is 0.888. The number of rotatable bonds is 3. The molecule has 4 nitrogen and oxygen atoms in total. The summed E-state index contributed by atoms with van der Waals surface area (Å²) in [4.78, 5) is 0. The van der Waals surface area contributed by atoms with Crippen molar-refractivity contribution in [1.29, 1.82) is 0 Å². The van der Waals surface area contributed by atoms with Gasteiger partial charge < -0.3 is 10.1 Å². The van der Waals surface area contributed by atoms with Crippen LogP contribution in [0.25, 0.3) is 0 Å². The fraction of sp³-hybridized carbons (Fsp3) is 0.400. The predicted molar refractivity (Wildman–Crippen MR) is 75.6 cm³/mol. The van der Waals surface area contributed by atoms with E-state index in [4.69, 9.17) is 4.74 Å². The van der Waals surface area contributed by atoms with Gasteiger partial charge in [0.05, 0.1) is 12.8 Å². The fourth-order valence-corrected chi connectivity index (χ4v) is 2.40. The van der Waals surface area contributed by atoms with Gasteiger partial charge in [0.15, 0.2) is 0 Å². The molecule has 3 rings (SSSR count). The van der Waals surface area contributed by atoms with E-state index in [-0.39, 0.29) is 5.41 Å². The van der Waals surface area contributed by atoms with Crippen LogP contribution in [0.15, 0.2) is 24.4 Å². The fourth-order valence-electron chi connectivity index (χ4n) is 2.40. The molecule has 100 valence electrons. The van der Waals surface area contributed by atoms with Crippen LogP contribution in [0.2, 0.25) is 0 Å². The van der Waals surface area contributed by atoms with Gasteiger partial charge in [0, 0.05) is 40.5 Å². The molecule has 2 N–H and O–H groups in total. The first kappa shape index (κ1) is 12.1. The third-order valence-corrected chi connectivity index (χ3v) is 3.72. The molecule has 0 atom stereocenters. The van der Waals surface area contributed by atoms with E-state index in [9.17, 15) is 0 Å². The molecule has 19 heavy (non-hydrogen) atoms. The summed E-state index contributed by atoms with van der Waals surface area (Å²) in [5, 5.41) is 10.4. The average Bonchev–Trinajstić information content (AvgIpc) is 2.91. The third-order valence-electron chi connectivity index (χ3n) is 3.72. The molecular weight excluding hydrogens is 238 g/mol. The van der Waals surface area contributed by atoms with Crippen molar-refractivity contribution in [2.75, 3.05) is 11.9 Å². The van der Waals surface area contributed by atoms with Gasteiger partial charge in [-0.15, -0.1) is 0 Å². The Morgan fingerprint density at radius 1 is 1.42 bits per heavy atom. The molecule has 0 fully saturated rings. The first-order chi connectivity index (χ1) is 9.06. The van der Waals surface area contributed by atoms with Crippen molar-refractivity contribution in [2.45, 2.75) is 32.7 Å². The molecule has 1 aliphatic rings. The van der Waals surface area contributed by atoms with E-state index >= 15 is 0 Å². The Hall–Kier alpha value is -1.97. The zero-order valence-corrected chi connectivity index (χ0v) is 11.6. The van der Waals surface area contributed by atoms with E-state index in [1.807, 2.05) is 13.1 Å². The van der Waals surface area contributed by atoms with Crippen LogP contribution in [0.1, 0.15) is 30.7 Å². The number of hydrogen-bond acceptors (Lipinski definition) is 3. The zero-order chi connectivity index (χ0) is 13.5. The summed E-state index contributed by atoms with van der Waals surface area (Å²) in [6.07, 6.45) is 1.86. The molecule has 1 aromatic carbocycles. The molecule has 4 heteroatoms. The second kappa shape index (κ2) is 4.30. The molecule has 0 spiro atoms. The maximum absolute atomic E-state index is 5.76. The zero-order valence-electron chi connectivity index (χ0n) is 11.6. The highest BCUT2D eigenvalue weighted by Crippen LogP contribution is 2.39. The van der Waals surface area contributed by atoms with E-state index in [0.717, 1.165) is 30.3 Å². The first-order valence-electron chi connectivity index (χ1n) is 6.56. The normalized spacial score (nSPS) is 15.9. The lowest BCUT2D eigenvalue weighted by atomic mass is 9.87. The molecule has 1 aromatic heterocycles. The van der Waals surface area contributed by atoms with Gasteiger partial charge in [0.1, 0.15) is 5.75 Å². The van der Waals surface area contributed by atoms with Crippen LogP contribution in [0.4, 0.5) is 5.69 Å². The van der Waals surface area contributed by atoms with Crippen molar-refractivity contribution in [1.82, 2.24) is 10.2 Å². The van der Waals surface area contributed by atoms with Gasteiger partial charge in [-0.2, -0.15) is 5.10 Å². The summed E-state index contributed by atoms with van der Waals surface area (Å²) in [6.45, 7) is 7.97. The average molecular weight is 257 g/mol. The van der Waals surface area contributed by atoms with E-state index < -0.39 is 0 Å². The first-order valence-corrected chi connectivity index (χ1v) is 6.56. The summed E-state index contributed by atoms with van der Waals surface area (Å²) in [5.41, 5.74) is 4.78. The van der Waals surface area contributed by atoms with Crippen molar-refractivity contribution >= 4 is 5.69 Å². The molecule has 0 unspecified atom stereocenters. The molecule has 0 aliphatic carbocycles. The molecule has 0 saturated heterocycles. The molecule has 0 amide bonds. The van der Waals surface area contributed by atoms with Crippen LogP contribution in [-0.2, 0) is 12.0 Å². The largest absolute Gasteiger partial charge is 0.492 e. The summed E-state index contributed by atoms with van der Waals surface area (Å²) >= 11 is 0. The van der Waals surface area contributed by atoms with Crippen LogP contribution in [0.5, 0.6) is 5.75 Å². The Balaban J connectivity index is 1.75. The van der Waals surface area contributed by atoms with Crippen LogP contribution in [-0.4, -0.2) is 16.8 Å². The number of aryl methyl sites for hydroxylation is 1.